The largest absolute Gasteiger partial charge is 0.359 e. The van der Waals surface area contributed by atoms with E-state index in [1.54, 1.807) is 26.2 Å². The summed E-state index contributed by atoms with van der Waals surface area (Å²) < 4.78 is 0. The van der Waals surface area contributed by atoms with Crippen LogP contribution in [-0.2, 0) is 11.3 Å². The zero-order valence-electron chi connectivity index (χ0n) is 15.1. The Morgan fingerprint density at radius 1 is 1.31 bits per heavy atom. The SMILES string of the molecule is CN=C(NCc1ccc([N+](=O)[O-])cc1)N1CCC(CC(=O)NC)CC1.I. The third-order valence-corrected chi connectivity index (χ3v) is 4.48. The van der Waals surface area contributed by atoms with Crippen molar-refractivity contribution in [2.24, 2.45) is 10.9 Å². The van der Waals surface area contributed by atoms with Crippen molar-refractivity contribution in [3.8, 4) is 0 Å². The van der Waals surface area contributed by atoms with Crippen LogP contribution >= 0.6 is 24.0 Å². The molecular weight excluding hydrogens is 449 g/mol. The standard InChI is InChI=1S/C17H25N5O3.HI/c1-18-16(23)11-13-7-9-21(10-8-13)17(19-2)20-12-14-3-5-15(6-4-14)22(24)25;/h3-6,13H,7-12H2,1-2H3,(H,18,23)(H,19,20);1H. The number of non-ortho nitro benzene ring substituents is 1. The van der Waals surface area contributed by atoms with Crippen molar-refractivity contribution in [3.63, 3.8) is 0 Å². The lowest BCUT2D eigenvalue weighted by atomic mass is 9.93. The molecule has 26 heavy (non-hydrogen) atoms. The van der Waals surface area contributed by atoms with Crippen molar-refractivity contribution in [3.05, 3.63) is 39.9 Å². The molecule has 1 aliphatic rings. The second kappa shape index (κ2) is 10.9. The molecule has 2 rings (SSSR count). The number of nitro groups is 1. The van der Waals surface area contributed by atoms with Gasteiger partial charge in [0, 0.05) is 52.3 Å². The quantitative estimate of drug-likeness (QED) is 0.224. The van der Waals surface area contributed by atoms with Gasteiger partial charge in [-0.2, -0.15) is 0 Å². The molecule has 2 N–H and O–H groups in total. The Morgan fingerprint density at radius 3 is 2.42 bits per heavy atom. The molecule has 0 spiro atoms. The zero-order chi connectivity index (χ0) is 18.2. The third-order valence-electron chi connectivity index (χ3n) is 4.48. The average molecular weight is 475 g/mol. The lowest BCUT2D eigenvalue weighted by Gasteiger charge is -2.34. The normalized spacial score (nSPS) is 15.2. The van der Waals surface area contributed by atoms with Crippen molar-refractivity contribution >= 4 is 41.5 Å². The summed E-state index contributed by atoms with van der Waals surface area (Å²) in [4.78, 5) is 28.3. The zero-order valence-corrected chi connectivity index (χ0v) is 17.4. The van der Waals surface area contributed by atoms with Crippen LogP contribution in [0.5, 0.6) is 0 Å². The number of benzene rings is 1. The van der Waals surface area contributed by atoms with E-state index in [1.165, 1.54) is 12.1 Å². The lowest BCUT2D eigenvalue weighted by molar-refractivity contribution is -0.384. The smallest absolute Gasteiger partial charge is 0.269 e. The maximum atomic E-state index is 11.5. The number of nitrogens with zero attached hydrogens (tertiary/aromatic N) is 3. The van der Waals surface area contributed by atoms with Gasteiger partial charge in [0.25, 0.3) is 5.69 Å². The van der Waals surface area contributed by atoms with Gasteiger partial charge in [-0.15, -0.1) is 24.0 Å². The van der Waals surface area contributed by atoms with Crippen molar-refractivity contribution in [1.82, 2.24) is 15.5 Å². The molecule has 0 radical (unpaired) electrons. The van der Waals surface area contributed by atoms with Gasteiger partial charge in [0.05, 0.1) is 4.92 Å². The molecule has 0 atom stereocenters. The number of likely N-dealkylation sites (tertiary alicyclic amines) is 1. The van der Waals surface area contributed by atoms with Crippen molar-refractivity contribution in [2.45, 2.75) is 25.8 Å². The summed E-state index contributed by atoms with van der Waals surface area (Å²) in [5.74, 6) is 1.33. The molecule has 8 nitrogen and oxygen atoms in total. The Hall–Kier alpha value is -1.91. The van der Waals surface area contributed by atoms with E-state index in [1.807, 2.05) is 0 Å². The first-order valence-corrected chi connectivity index (χ1v) is 8.43. The van der Waals surface area contributed by atoms with Crippen LogP contribution in [-0.4, -0.2) is 48.9 Å². The van der Waals surface area contributed by atoms with Crippen LogP contribution in [0.15, 0.2) is 29.3 Å². The van der Waals surface area contributed by atoms with Gasteiger partial charge < -0.3 is 15.5 Å². The fourth-order valence-electron chi connectivity index (χ4n) is 2.96. The number of halogens is 1. The summed E-state index contributed by atoms with van der Waals surface area (Å²) in [7, 11) is 3.41. The van der Waals surface area contributed by atoms with Gasteiger partial charge in [-0.25, -0.2) is 0 Å². The molecule has 0 aliphatic carbocycles. The molecule has 1 aliphatic heterocycles. The number of nitrogens with one attached hydrogen (secondary N) is 2. The highest BCUT2D eigenvalue weighted by molar-refractivity contribution is 14.0. The lowest BCUT2D eigenvalue weighted by Crippen LogP contribution is -2.45. The number of amides is 1. The number of guanidine groups is 1. The summed E-state index contributed by atoms with van der Waals surface area (Å²) >= 11 is 0. The molecular formula is C17H26IN5O3. The summed E-state index contributed by atoms with van der Waals surface area (Å²) in [5.41, 5.74) is 1.05. The molecule has 9 heteroatoms. The van der Waals surface area contributed by atoms with Gasteiger partial charge >= 0.3 is 0 Å². The van der Waals surface area contributed by atoms with Gasteiger partial charge in [-0.05, 0) is 24.3 Å². The van der Waals surface area contributed by atoms with E-state index < -0.39 is 4.92 Å². The number of rotatable bonds is 5. The predicted molar refractivity (Wildman–Crippen MR) is 112 cm³/mol. The fraction of sp³-hybridized carbons (Fsp3) is 0.529. The molecule has 1 heterocycles. The molecule has 1 saturated heterocycles. The van der Waals surface area contributed by atoms with Gasteiger partial charge in [0.2, 0.25) is 5.91 Å². The van der Waals surface area contributed by atoms with Gasteiger partial charge in [0.15, 0.2) is 5.96 Å². The summed E-state index contributed by atoms with van der Waals surface area (Å²) in [6, 6.07) is 6.50. The number of carbonyl (C=O) groups excluding carboxylic acids is 1. The van der Waals surface area contributed by atoms with E-state index in [0.29, 0.717) is 18.9 Å². The molecule has 0 bridgehead atoms. The van der Waals surface area contributed by atoms with Crippen LogP contribution in [0.4, 0.5) is 5.69 Å². The van der Waals surface area contributed by atoms with Gasteiger partial charge in [0.1, 0.15) is 0 Å². The molecule has 1 aromatic carbocycles. The minimum Gasteiger partial charge on any atom is -0.359 e. The van der Waals surface area contributed by atoms with Crippen LogP contribution in [0.3, 0.4) is 0 Å². The molecule has 0 unspecified atom stereocenters. The Morgan fingerprint density at radius 2 is 1.92 bits per heavy atom. The molecule has 144 valence electrons. The van der Waals surface area contributed by atoms with Gasteiger partial charge in [-0.1, -0.05) is 12.1 Å². The van der Waals surface area contributed by atoms with E-state index in [4.69, 9.17) is 0 Å². The average Bonchev–Trinajstić information content (AvgIpc) is 2.63. The highest BCUT2D eigenvalue weighted by Crippen LogP contribution is 2.20. The minimum absolute atomic E-state index is 0. The third kappa shape index (κ3) is 6.43. The van der Waals surface area contributed by atoms with E-state index in [9.17, 15) is 14.9 Å². The van der Waals surface area contributed by atoms with Gasteiger partial charge in [-0.3, -0.25) is 19.9 Å². The Balaban J connectivity index is 0.00000338. The van der Waals surface area contributed by atoms with E-state index in [-0.39, 0.29) is 35.6 Å². The van der Waals surface area contributed by atoms with Crippen molar-refractivity contribution in [2.75, 3.05) is 27.2 Å². The van der Waals surface area contributed by atoms with Crippen LogP contribution in [0.1, 0.15) is 24.8 Å². The molecule has 1 amide bonds. The molecule has 1 aromatic rings. The first kappa shape index (κ1) is 22.1. The highest BCUT2D eigenvalue weighted by Gasteiger charge is 2.23. The number of carbonyl (C=O) groups is 1. The van der Waals surface area contributed by atoms with E-state index >= 15 is 0 Å². The first-order valence-electron chi connectivity index (χ1n) is 8.43. The number of nitro benzene ring substituents is 1. The number of hydrogen-bond donors (Lipinski definition) is 2. The summed E-state index contributed by atoms with van der Waals surface area (Å²) in [5, 5.41) is 16.7. The minimum atomic E-state index is -0.404. The van der Waals surface area contributed by atoms with Crippen LogP contribution < -0.4 is 10.6 Å². The number of aliphatic imine (C=N–C) groups is 1. The molecule has 1 fully saturated rings. The van der Waals surface area contributed by atoms with Crippen LogP contribution in [0, 0.1) is 16.0 Å². The Bertz CT molecular complexity index is 628. The Kier molecular flexibility index (Phi) is 9.31. The fourth-order valence-corrected chi connectivity index (χ4v) is 2.96. The number of hydrogen-bond acceptors (Lipinski definition) is 4. The predicted octanol–water partition coefficient (Wildman–Crippen LogP) is 2.14. The van der Waals surface area contributed by atoms with Crippen LogP contribution in [0.2, 0.25) is 0 Å². The van der Waals surface area contributed by atoms with Crippen molar-refractivity contribution in [1.29, 1.82) is 0 Å². The van der Waals surface area contributed by atoms with E-state index in [0.717, 1.165) is 37.5 Å². The van der Waals surface area contributed by atoms with Crippen LogP contribution in [0.25, 0.3) is 0 Å². The van der Waals surface area contributed by atoms with E-state index in [2.05, 4.69) is 20.5 Å². The second-order valence-electron chi connectivity index (χ2n) is 6.13. The van der Waals surface area contributed by atoms with Crippen molar-refractivity contribution < 1.29 is 9.72 Å². The molecule has 0 saturated carbocycles. The second-order valence-corrected chi connectivity index (χ2v) is 6.13. The maximum absolute atomic E-state index is 11.5. The summed E-state index contributed by atoms with van der Waals surface area (Å²) in [6.45, 7) is 2.28. The topological polar surface area (TPSA) is 99.9 Å². The number of piperidine rings is 1. The Labute approximate surface area is 170 Å². The monoisotopic (exact) mass is 475 g/mol. The maximum Gasteiger partial charge on any atom is 0.269 e. The first-order chi connectivity index (χ1) is 12.0. The molecule has 0 aromatic heterocycles. The highest BCUT2D eigenvalue weighted by atomic mass is 127. The summed E-state index contributed by atoms with van der Waals surface area (Å²) in [6.07, 6.45) is 2.51.